The molecule has 1 aromatic heterocycles. The molecule has 0 aliphatic carbocycles. The third-order valence-corrected chi connectivity index (χ3v) is 4.50. The van der Waals surface area contributed by atoms with E-state index in [1.54, 1.807) is 0 Å². The van der Waals surface area contributed by atoms with Crippen LogP contribution in [0.4, 0.5) is 0 Å². The van der Waals surface area contributed by atoms with Crippen molar-refractivity contribution < 1.29 is 9.53 Å². The summed E-state index contributed by atoms with van der Waals surface area (Å²) in [6, 6.07) is 0. The van der Waals surface area contributed by atoms with Gasteiger partial charge in [0.25, 0.3) is 0 Å². The molecule has 0 bridgehead atoms. The predicted octanol–water partition coefficient (Wildman–Crippen LogP) is 2.01. The summed E-state index contributed by atoms with van der Waals surface area (Å²) in [6.07, 6.45) is 3.20. The quantitative estimate of drug-likeness (QED) is 0.845. The molecule has 3 heterocycles. The number of H-pyrrole nitrogens is 1. The molecule has 0 spiro atoms. The first-order chi connectivity index (χ1) is 9.67. The van der Waals surface area contributed by atoms with E-state index in [2.05, 4.69) is 21.8 Å². The fourth-order valence-corrected chi connectivity index (χ4v) is 3.26. The summed E-state index contributed by atoms with van der Waals surface area (Å²) in [7, 11) is 0. The zero-order valence-corrected chi connectivity index (χ0v) is 12.4. The molecule has 6 heteroatoms. The number of ether oxygens (including phenoxy) is 1. The highest BCUT2D eigenvalue weighted by atomic mass is 35.5. The highest BCUT2D eigenvalue weighted by Gasteiger charge is 2.43. The number of likely N-dealkylation sites (tertiary alicyclic amines) is 1. The number of aromatic nitrogens is 2. The van der Waals surface area contributed by atoms with E-state index >= 15 is 0 Å². The fraction of sp³-hybridized carbons (Fsp3) is 0.714. The van der Waals surface area contributed by atoms with Crippen LogP contribution in [-0.4, -0.2) is 40.5 Å². The molecule has 0 unspecified atom stereocenters. The van der Waals surface area contributed by atoms with E-state index in [4.69, 9.17) is 16.3 Å². The number of aromatic amines is 1. The lowest BCUT2D eigenvalue weighted by Gasteiger charge is -2.15. The second-order valence-corrected chi connectivity index (χ2v) is 6.11. The molecule has 0 amide bonds. The first-order valence-corrected chi connectivity index (χ1v) is 7.67. The number of nitrogens with zero attached hydrogens (tertiary/aromatic N) is 2. The zero-order valence-electron chi connectivity index (χ0n) is 11.7. The van der Waals surface area contributed by atoms with Gasteiger partial charge in [0.15, 0.2) is 5.15 Å². The molecule has 5 nitrogen and oxygen atoms in total. The number of hydrogen-bond donors (Lipinski definition) is 1. The van der Waals surface area contributed by atoms with Gasteiger partial charge in [0.1, 0.15) is 5.82 Å². The summed E-state index contributed by atoms with van der Waals surface area (Å²) in [6.45, 7) is 5.13. The maximum atomic E-state index is 11.5. The number of fused-ring (bicyclic) bond motifs is 1. The minimum atomic E-state index is -0.0446. The Balaban J connectivity index is 1.61. The standard InChI is InChI=1S/C14H20ClN3O2/c1-2-3-4-12-16-11(13(15)17-12)7-18-5-9-8-20-14(19)10(9)6-18/h9-10H,2-8H2,1H3,(H,16,17)/t9-,10-/m1/s1. The van der Waals surface area contributed by atoms with Crippen LogP contribution in [0.15, 0.2) is 0 Å². The summed E-state index contributed by atoms with van der Waals surface area (Å²) in [5, 5.41) is 0.565. The molecule has 2 atom stereocenters. The SMILES string of the molecule is CCCCc1nc(Cl)c(CN2C[C@@H]3COC(=O)[C@@H]3C2)[nH]1. The number of rotatable bonds is 5. The lowest BCUT2D eigenvalue weighted by molar-refractivity contribution is -0.141. The van der Waals surface area contributed by atoms with Crippen molar-refractivity contribution in [1.82, 2.24) is 14.9 Å². The van der Waals surface area contributed by atoms with Gasteiger partial charge in [-0.25, -0.2) is 4.98 Å². The number of hydrogen-bond acceptors (Lipinski definition) is 4. The highest BCUT2D eigenvalue weighted by molar-refractivity contribution is 6.30. The number of halogens is 1. The Labute approximate surface area is 123 Å². The smallest absolute Gasteiger partial charge is 0.310 e. The van der Waals surface area contributed by atoms with Crippen molar-refractivity contribution in [3.05, 3.63) is 16.7 Å². The molecular formula is C14H20ClN3O2. The van der Waals surface area contributed by atoms with E-state index in [0.717, 1.165) is 50.4 Å². The van der Waals surface area contributed by atoms with Gasteiger partial charge in [-0.05, 0) is 6.42 Å². The number of cyclic esters (lactones) is 1. The molecule has 2 saturated heterocycles. The number of unbranched alkanes of at least 4 members (excludes halogenated alkanes) is 1. The Bertz CT molecular complexity index is 503. The summed E-state index contributed by atoms with van der Waals surface area (Å²) in [5.41, 5.74) is 0.964. The molecule has 1 N–H and O–H groups in total. The molecule has 2 fully saturated rings. The van der Waals surface area contributed by atoms with Crippen LogP contribution in [-0.2, 0) is 22.5 Å². The largest absolute Gasteiger partial charge is 0.465 e. The van der Waals surface area contributed by atoms with Crippen molar-refractivity contribution >= 4 is 17.6 Å². The number of carbonyl (C=O) groups excluding carboxylic acids is 1. The Morgan fingerprint density at radius 3 is 3.10 bits per heavy atom. The number of aryl methyl sites for hydroxylation is 1. The van der Waals surface area contributed by atoms with Gasteiger partial charge in [-0.15, -0.1) is 0 Å². The van der Waals surface area contributed by atoms with Crippen molar-refractivity contribution in [2.24, 2.45) is 11.8 Å². The molecule has 2 aliphatic heterocycles. The van der Waals surface area contributed by atoms with E-state index in [9.17, 15) is 4.79 Å². The molecule has 3 rings (SSSR count). The maximum absolute atomic E-state index is 11.5. The third-order valence-electron chi connectivity index (χ3n) is 4.19. The lowest BCUT2D eigenvalue weighted by atomic mass is 10.0. The lowest BCUT2D eigenvalue weighted by Crippen LogP contribution is -2.24. The minimum absolute atomic E-state index is 0.0446. The topological polar surface area (TPSA) is 58.2 Å². The molecule has 1 aromatic rings. The predicted molar refractivity (Wildman–Crippen MR) is 75.4 cm³/mol. The highest BCUT2D eigenvalue weighted by Crippen LogP contribution is 2.31. The van der Waals surface area contributed by atoms with Crippen molar-refractivity contribution in [3.63, 3.8) is 0 Å². The van der Waals surface area contributed by atoms with Gasteiger partial charge < -0.3 is 9.72 Å². The molecule has 2 aliphatic rings. The van der Waals surface area contributed by atoms with E-state index in [1.165, 1.54) is 0 Å². The van der Waals surface area contributed by atoms with Crippen LogP contribution in [0.3, 0.4) is 0 Å². The van der Waals surface area contributed by atoms with Crippen LogP contribution in [0.1, 0.15) is 31.3 Å². The van der Waals surface area contributed by atoms with Crippen molar-refractivity contribution in [3.8, 4) is 0 Å². The normalized spacial score (nSPS) is 26.0. The summed E-state index contributed by atoms with van der Waals surface area (Å²) < 4.78 is 5.08. The number of carbonyl (C=O) groups is 1. The minimum Gasteiger partial charge on any atom is -0.465 e. The average Bonchev–Trinajstić information content (AvgIpc) is 3.07. The van der Waals surface area contributed by atoms with E-state index in [1.807, 2.05) is 0 Å². The van der Waals surface area contributed by atoms with Crippen LogP contribution < -0.4 is 0 Å². The van der Waals surface area contributed by atoms with Gasteiger partial charge >= 0.3 is 5.97 Å². The third kappa shape index (κ3) is 2.69. The summed E-state index contributed by atoms with van der Waals surface area (Å²) >= 11 is 6.19. The molecule has 20 heavy (non-hydrogen) atoms. The van der Waals surface area contributed by atoms with Crippen LogP contribution in [0.2, 0.25) is 5.15 Å². The Kier molecular flexibility index (Phi) is 3.98. The average molecular weight is 298 g/mol. The van der Waals surface area contributed by atoms with Crippen LogP contribution >= 0.6 is 11.6 Å². The van der Waals surface area contributed by atoms with Crippen LogP contribution in [0.25, 0.3) is 0 Å². The summed E-state index contributed by atoms with van der Waals surface area (Å²) in [5.74, 6) is 1.32. The number of imidazole rings is 1. The Morgan fingerprint density at radius 1 is 1.50 bits per heavy atom. The Hall–Kier alpha value is -1.07. The number of esters is 1. The second-order valence-electron chi connectivity index (χ2n) is 5.75. The Morgan fingerprint density at radius 2 is 2.35 bits per heavy atom. The molecule has 110 valence electrons. The second kappa shape index (κ2) is 5.74. The zero-order chi connectivity index (χ0) is 14.1. The molecule has 0 saturated carbocycles. The van der Waals surface area contributed by atoms with Gasteiger partial charge in [0.05, 0.1) is 18.2 Å². The molecule has 0 radical (unpaired) electrons. The van der Waals surface area contributed by atoms with Gasteiger partial charge in [0.2, 0.25) is 0 Å². The van der Waals surface area contributed by atoms with Crippen LogP contribution in [0, 0.1) is 11.8 Å². The van der Waals surface area contributed by atoms with Gasteiger partial charge in [-0.2, -0.15) is 0 Å². The van der Waals surface area contributed by atoms with Gasteiger partial charge in [0, 0.05) is 32.0 Å². The fourth-order valence-electron chi connectivity index (χ4n) is 3.05. The van der Waals surface area contributed by atoms with Crippen LogP contribution in [0.5, 0.6) is 0 Å². The molecule has 0 aromatic carbocycles. The van der Waals surface area contributed by atoms with Crippen molar-refractivity contribution in [2.45, 2.75) is 32.7 Å². The van der Waals surface area contributed by atoms with E-state index < -0.39 is 0 Å². The van der Waals surface area contributed by atoms with Gasteiger partial charge in [-0.3, -0.25) is 9.69 Å². The summed E-state index contributed by atoms with van der Waals surface area (Å²) in [4.78, 5) is 21.5. The number of nitrogens with one attached hydrogen (secondary N) is 1. The first kappa shape index (κ1) is 13.9. The molecular weight excluding hydrogens is 278 g/mol. The monoisotopic (exact) mass is 297 g/mol. The van der Waals surface area contributed by atoms with E-state index in [-0.39, 0.29) is 11.9 Å². The first-order valence-electron chi connectivity index (χ1n) is 7.29. The van der Waals surface area contributed by atoms with Crippen molar-refractivity contribution in [2.75, 3.05) is 19.7 Å². The van der Waals surface area contributed by atoms with E-state index in [0.29, 0.717) is 17.7 Å². The van der Waals surface area contributed by atoms with Gasteiger partial charge in [-0.1, -0.05) is 24.9 Å². The van der Waals surface area contributed by atoms with Crippen molar-refractivity contribution in [1.29, 1.82) is 0 Å². The maximum Gasteiger partial charge on any atom is 0.310 e.